The Kier molecular flexibility index (Phi) is 4.57. The Morgan fingerprint density at radius 3 is 3.23 bits per heavy atom. The quantitative estimate of drug-likeness (QED) is 0.647. The number of anilines is 1. The Labute approximate surface area is 94.1 Å². The van der Waals surface area contributed by atoms with Crippen molar-refractivity contribution < 1.29 is 0 Å². The van der Waals surface area contributed by atoms with Gasteiger partial charge in [-0.2, -0.15) is 11.8 Å². The summed E-state index contributed by atoms with van der Waals surface area (Å²) >= 11 is 3.73. The lowest BCUT2D eigenvalue weighted by atomic mass is 10.5. The first-order valence-electron chi connectivity index (χ1n) is 3.71. The van der Waals surface area contributed by atoms with Crippen LogP contribution < -0.4 is 10.9 Å². The standard InChI is InChI=1S/C7H10IN3OS/c1-13-3-2-9-6-5(8)7(12)11-4-10-6/h4H,2-3H2,1H3,(H2,9,10,11,12). The number of thioether (sulfide) groups is 1. The molecule has 0 saturated carbocycles. The van der Waals surface area contributed by atoms with Crippen LogP contribution in [0.4, 0.5) is 5.82 Å². The van der Waals surface area contributed by atoms with Crippen LogP contribution in [-0.2, 0) is 0 Å². The second-order valence-electron chi connectivity index (χ2n) is 2.31. The number of H-pyrrole nitrogens is 1. The van der Waals surface area contributed by atoms with Gasteiger partial charge >= 0.3 is 0 Å². The number of nitrogens with zero attached hydrogens (tertiary/aromatic N) is 1. The van der Waals surface area contributed by atoms with E-state index in [4.69, 9.17) is 0 Å². The van der Waals surface area contributed by atoms with Crippen molar-refractivity contribution in [1.29, 1.82) is 0 Å². The maximum Gasteiger partial charge on any atom is 0.266 e. The summed E-state index contributed by atoms with van der Waals surface area (Å²) < 4.78 is 0.612. The van der Waals surface area contributed by atoms with Gasteiger partial charge in [0.25, 0.3) is 5.56 Å². The maximum absolute atomic E-state index is 11.1. The van der Waals surface area contributed by atoms with Crippen LogP contribution in [0.15, 0.2) is 11.1 Å². The molecule has 0 spiro atoms. The molecule has 0 bridgehead atoms. The summed E-state index contributed by atoms with van der Waals surface area (Å²) in [4.78, 5) is 17.7. The molecule has 72 valence electrons. The highest BCUT2D eigenvalue weighted by atomic mass is 127. The van der Waals surface area contributed by atoms with Crippen LogP contribution in [0.25, 0.3) is 0 Å². The third-order valence-electron chi connectivity index (χ3n) is 1.40. The Morgan fingerprint density at radius 1 is 1.77 bits per heavy atom. The average molecular weight is 311 g/mol. The molecule has 0 aliphatic carbocycles. The first kappa shape index (κ1) is 10.8. The van der Waals surface area contributed by atoms with Gasteiger partial charge in [0.1, 0.15) is 9.39 Å². The van der Waals surface area contributed by atoms with E-state index in [0.29, 0.717) is 9.39 Å². The second-order valence-corrected chi connectivity index (χ2v) is 4.38. The van der Waals surface area contributed by atoms with Crippen LogP contribution in [0.2, 0.25) is 0 Å². The smallest absolute Gasteiger partial charge is 0.266 e. The van der Waals surface area contributed by atoms with Gasteiger partial charge in [0.2, 0.25) is 0 Å². The van der Waals surface area contributed by atoms with Crippen LogP contribution in [-0.4, -0.2) is 28.5 Å². The van der Waals surface area contributed by atoms with Crippen molar-refractivity contribution in [3.05, 3.63) is 20.3 Å². The fourth-order valence-corrected chi connectivity index (χ4v) is 1.57. The topological polar surface area (TPSA) is 57.8 Å². The summed E-state index contributed by atoms with van der Waals surface area (Å²) in [5.74, 6) is 1.67. The van der Waals surface area contributed by atoms with Crippen molar-refractivity contribution in [2.24, 2.45) is 0 Å². The Morgan fingerprint density at radius 2 is 2.54 bits per heavy atom. The van der Waals surface area contributed by atoms with Crippen LogP contribution in [0, 0.1) is 3.57 Å². The van der Waals surface area contributed by atoms with E-state index in [1.807, 2.05) is 28.8 Å². The summed E-state index contributed by atoms with van der Waals surface area (Å²) in [6.07, 6.45) is 3.45. The van der Waals surface area contributed by atoms with Crippen molar-refractivity contribution in [1.82, 2.24) is 9.97 Å². The predicted molar refractivity (Wildman–Crippen MR) is 64.4 cm³/mol. The van der Waals surface area contributed by atoms with Gasteiger partial charge in [-0.3, -0.25) is 4.79 Å². The first-order chi connectivity index (χ1) is 6.25. The number of rotatable bonds is 4. The molecule has 0 amide bonds. The number of halogens is 1. The zero-order valence-electron chi connectivity index (χ0n) is 7.13. The van der Waals surface area contributed by atoms with Gasteiger partial charge in [-0.1, -0.05) is 0 Å². The predicted octanol–water partition coefficient (Wildman–Crippen LogP) is 1.15. The number of aromatic nitrogens is 2. The van der Waals surface area contributed by atoms with Crippen molar-refractivity contribution in [3.8, 4) is 0 Å². The lowest BCUT2D eigenvalue weighted by Gasteiger charge is -2.04. The first-order valence-corrected chi connectivity index (χ1v) is 6.19. The lowest BCUT2D eigenvalue weighted by Crippen LogP contribution is -2.15. The minimum atomic E-state index is -0.0951. The van der Waals surface area contributed by atoms with Gasteiger partial charge in [0.05, 0.1) is 6.33 Å². The largest absolute Gasteiger partial charge is 0.368 e. The van der Waals surface area contributed by atoms with Crippen LogP contribution in [0.5, 0.6) is 0 Å². The molecule has 1 rings (SSSR count). The van der Waals surface area contributed by atoms with Crippen molar-refractivity contribution in [3.63, 3.8) is 0 Å². The zero-order chi connectivity index (χ0) is 9.68. The fourth-order valence-electron chi connectivity index (χ4n) is 0.778. The summed E-state index contributed by atoms with van der Waals surface area (Å²) in [5.41, 5.74) is -0.0951. The van der Waals surface area contributed by atoms with Gasteiger partial charge in [0, 0.05) is 12.3 Å². The third kappa shape index (κ3) is 3.18. The molecule has 1 aromatic heterocycles. The highest BCUT2D eigenvalue weighted by Crippen LogP contribution is 2.08. The highest BCUT2D eigenvalue weighted by Gasteiger charge is 2.02. The zero-order valence-corrected chi connectivity index (χ0v) is 10.1. The molecule has 1 aromatic rings. The van der Waals surface area contributed by atoms with Crippen LogP contribution in [0.3, 0.4) is 0 Å². The molecule has 0 aliphatic heterocycles. The Balaban J connectivity index is 2.66. The normalized spacial score (nSPS) is 10.0. The monoisotopic (exact) mass is 311 g/mol. The Hall–Kier alpha value is -0.240. The molecule has 0 unspecified atom stereocenters. The van der Waals surface area contributed by atoms with E-state index < -0.39 is 0 Å². The number of aromatic amines is 1. The molecule has 1 heterocycles. The van der Waals surface area contributed by atoms with Gasteiger partial charge in [-0.05, 0) is 28.8 Å². The second kappa shape index (κ2) is 5.48. The van der Waals surface area contributed by atoms with E-state index in [1.54, 1.807) is 11.8 Å². The van der Waals surface area contributed by atoms with Gasteiger partial charge in [-0.15, -0.1) is 0 Å². The molecule has 0 atom stereocenters. The minimum Gasteiger partial charge on any atom is -0.368 e. The molecular weight excluding hydrogens is 301 g/mol. The third-order valence-corrected chi connectivity index (χ3v) is 3.01. The van der Waals surface area contributed by atoms with E-state index in [-0.39, 0.29) is 5.56 Å². The maximum atomic E-state index is 11.1. The van der Waals surface area contributed by atoms with Crippen molar-refractivity contribution >= 4 is 40.2 Å². The van der Waals surface area contributed by atoms with Crippen molar-refractivity contribution in [2.75, 3.05) is 23.9 Å². The number of hydrogen-bond acceptors (Lipinski definition) is 4. The van der Waals surface area contributed by atoms with Gasteiger partial charge in [0.15, 0.2) is 0 Å². The average Bonchev–Trinajstić information content (AvgIpc) is 2.13. The summed E-state index contributed by atoms with van der Waals surface area (Å²) in [6.45, 7) is 0.827. The molecule has 0 fully saturated rings. The summed E-state index contributed by atoms with van der Waals surface area (Å²) in [7, 11) is 0. The Bertz CT molecular complexity index is 328. The van der Waals surface area contributed by atoms with E-state index in [0.717, 1.165) is 12.3 Å². The number of hydrogen-bond donors (Lipinski definition) is 2. The highest BCUT2D eigenvalue weighted by molar-refractivity contribution is 14.1. The van der Waals surface area contributed by atoms with Gasteiger partial charge in [-0.25, -0.2) is 4.98 Å². The van der Waals surface area contributed by atoms with Crippen LogP contribution >= 0.6 is 34.4 Å². The van der Waals surface area contributed by atoms with Crippen LogP contribution in [0.1, 0.15) is 0 Å². The molecular formula is C7H10IN3OS. The molecule has 0 radical (unpaired) electrons. The van der Waals surface area contributed by atoms with E-state index in [9.17, 15) is 4.79 Å². The molecule has 0 aromatic carbocycles. The van der Waals surface area contributed by atoms with E-state index >= 15 is 0 Å². The lowest BCUT2D eigenvalue weighted by molar-refractivity contribution is 1.07. The SMILES string of the molecule is CSCCNc1nc[nH]c(=O)c1I. The molecule has 0 saturated heterocycles. The molecule has 0 aliphatic rings. The molecule has 4 nitrogen and oxygen atoms in total. The number of nitrogens with one attached hydrogen (secondary N) is 2. The molecule has 13 heavy (non-hydrogen) atoms. The van der Waals surface area contributed by atoms with E-state index in [1.165, 1.54) is 6.33 Å². The molecule has 6 heteroatoms. The summed E-state index contributed by atoms with van der Waals surface area (Å²) in [6, 6.07) is 0. The fraction of sp³-hybridized carbons (Fsp3) is 0.429. The summed E-state index contributed by atoms with van der Waals surface area (Å²) in [5, 5.41) is 3.10. The van der Waals surface area contributed by atoms with E-state index in [2.05, 4.69) is 15.3 Å². The molecule has 2 N–H and O–H groups in total. The van der Waals surface area contributed by atoms with Gasteiger partial charge < -0.3 is 10.3 Å². The van der Waals surface area contributed by atoms with Crippen molar-refractivity contribution in [2.45, 2.75) is 0 Å². The minimum absolute atomic E-state index is 0.0951.